The summed E-state index contributed by atoms with van der Waals surface area (Å²) in [5, 5.41) is 0. The van der Waals surface area contributed by atoms with Crippen molar-refractivity contribution in [2.45, 2.75) is 6.42 Å². The average Bonchev–Trinajstić information content (AvgIpc) is 3.15. The molecule has 0 spiro atoms. The Hall–Kier alpha value is -3.21. The molecule has 1 heterocycles. The van der Waals surface area contributed by atoms with Crippen LogP contribution in [0, 0.1) is 5.82 Å². The summed E-state index contributed by atoms with van der Waals surface area (Å²) in [6, 6.07) is 13.5. The van der Waals surface area contributed by atoms with Gasteiger partial charge in [-0.1, -0.05) is 30.3 Å². The highest BCUT2D eigenvalue weighted by molar-refractivity contribution is 5.90. The lowest BCUT2D eigenvalue weighted by atomic mass is 9.99. The van der Waals surface area contributed by atoms with Crippen LogP contribution in [0.25, 0.3) is 11.6 Å². The van der Waals surface area contributed by atoms with Gasteiger partial charge < -0.3 is 9.72 Å². The van der Waals surface area contributed by atoms with Gasteiger partial charge in [-0.25, -0.2) is 14.2 Å². The molecule has 0 fully saturated rings. The van der Waals surface area contributed by atoms with Gasteiger partial charge in [0.05, 0.1) is 12.7 Å². The minimum atomic E-state index is -0.370. The van der Waals surface area contributed by atoms with E-state index in [9.17, 15) is 9.18 Å². The largest absolute Gasteiger partial charge is 0.465 e. The maximum absolute atomic E-state index is 13.2. The number of H-pyrrole nitrogens is 1. The maximum atomic E-state index is 13.2. The molecule has 0 radical (unpaired) electrons. The van der Waals surface area contributed by atoms with Gasteiger partial charge in [-0.2, -0.15) is 0 Å². The number of hydrogen-bond acceptors (Lipinski definition) is 3. The van der Waals surface area contributed by atoms with Crippen LogP contribution < -0.4 is 0 Å². The quantitative estimate of drug-likeness (QED) is 0.563. The second-order valence-electron chi connectivity index (χ2n) is 5.50. The number of rotatable bonds is 5. The predicted molar refractivity (Wildman–Crippen MR) is 94.3 cm³/mol. The van der Waals surface area contributed by atoms with Crippen LogP contribution in [0.4, 0.5) is 4.39 Å². The molecule has 4 nitrogen and oxygen atoms in total. The minimum absolute atomic E-state index is 0.275. The van der Waals surface area contributed by atoms with E-state index >= 15 is 0 Å². The zero-order chi connectivity index (χ0) is 17.6. The Kier molecular flexibility index (Phi) is 5.04. The topological polar surface area (TPSA) is 55.0 Å². The smallest absolute Gasteiger partial charge is 0.337 e. The molecule has 5 heteroatoms. The van der Waals surface area contributed by atoms with Crippen molar-refractivity contribution in [3.8, 4) is 0 Å². The van der Waals surface area contributed by atoms with E-state index in [4.69, 9.17) is 4.74 Å². The molecule has 0 saturated carbocycles. The first-order valence-electron chi connectivity index (χ1n) is 7.79. The van der Waals surface area contributed by atoms with Crippen LogP contribution in [-0.2, 0) is 11.2 Å². The number of aromatic amines is 1. The minimum Gasteiger partial charge on any atom is -0.465 e. The number of carbonyl (C=O) groups is 1. The molecule has 25 heavy (non-hydrogen) atoms. The number of aromatic nitrogens is 2. The third-order valence-corrected chi connectivity index (χ3v) is 3.80. The molecular weight excluding hydrogens is 319 g/mol. The van der Waals surface area contributed by atoms with E-state index in [1.807, 2.05) is 18.2 Å². The van der Waals surface area contributed by atoms with Crippen LogP contribution in [0.1, 0.15) is 27.3 Å². The van der Waals surface area contributed by atoms with E-state index in [-0.39, 0.29) is 11.8 Å². The fourth-order valence-electron chi connectivity index (χ4n) is 2.51. The Balaban J connectivity index is 1.93. The van der Waals surface area contributed by atoms with Gasteiger partial charge in [0.25, 0.3) is 0 Å². The Morgan fingerprint density at radius 2 is 1.80 bits per heavy atom. The molecule has 1 N–H and O–H groups in total. The van der Waals surface area contributed by atoms with E-state index in [0.717, 1.165) is 22.5 Å². The lowest BCUT2D eigenvalue weighted by Gasteiger charge is -2.08. The SMILES string of the molecule is COC(=O)c1ccc(C=C(Cc2ncc[nH]2)c2ccc(F)cc2)cc1. The van der Waals surface area contributed by atoms with Crippen molar-refractivity contribution in [1.82, 2.24) is 9.97 Å². The Morgan fingerprint density at radius 1 is 1.12 bits per heavy atom. The molecule has 0 bridgehead atoms. The van der Waals surface area contributed by atoms with Crippen molar-refractivity contribution in [3.63, 3.8) is 0 Å². The van der Waals surface area contributed by atoms with Crippen molar-refractivity contribution >= 4 is 17.6 Å². The summed E-state index contributed by atoms with van der Waals surface area (Å²) < 4.78 is 17.9. The molecule has 1 aromatic heterocycles. The summed E-state index contributed by atoms with van der Waals surface area (Å²) >= 11 is 0. The molecule has 3 rings (SSSR count). The van der Waals surface area contributed by atoms with Crippen LogP contribution in [0.3, 0.4) is 0 Å². The molecular formula is C20H17FN2O2. The molecule has 0 saturated heterocycles. The molecule has 0 aliphatic heterocycles. The van der Waals surface area contributed by atoms with Gasteiger partial charge in [0.2, 0.25) is 0 Å². The Morgan fingerprint density at radius 3 is 2.40 bits per heavy atom. The number of methoxy groups -OCH3 is 1. The summed E-state index contributed by atoms with van der Waals surface area (Å²) in [6.07, 6.45) is 6.04. The van der Waals surface area contributed by atoms with Gasteiger partial charge in [-0.05, 0) is 41.0 Å². The number of halogens is 1. The molecule has 0 aliphatic carbocycles. The van der Waals surface area contributed by atoms with Crippen LogP contribution in [0.5, 0.6) is 0 Å². The van der Waals surface area contributed by atoms with Crippen molar-refractivity contribution in [2.24, 2.45) is 0 Å². The van der Waals surface area contributed by atoms with Gasteiger partial charge in [-0.15, -0.1) is 0 Å². The number of allylic oxidation sites excluding steroid dienone is 1. The predicted octanol–water partition coefficient (Wildman–Crippen LogP) is 4.12. The highest BCUT2D eigenvalue weighted by Crippen LogP contribution is 2.22. The van der Waals surface area contributed by atoms with E-state index in [0.29, 0.717) is 12.0 Å². The standard InChI is InChI=1S/C20H17FN2O2/c1-25-20(24)16-4-2-14(3-5-16)12-17(13-19-22-10-11-23-19)15-6-8-18(21)9-7-15/h2-12H,13H2,1H3,(H,22,23). The average molecular weight is 336 g/mol. The maximum Gasteiger partial charge on any atom is 0.337 e. The summed E-state index contributed by atoms with van der Waals surface area (Å²) in [4.78, 5) is 18.9. The van der Waals surface area contributed by atoms with Gasteiger partial charge in [0, 0.05) is 18.8 Å². The fraction of sp³-hybridized carbons (Fsp3) is 0.100. The van der Waals surface area contributed by atoms with E-state index in [2.05, 4.69) is 9.97 Å². The van der Waals surface area contributed by atoms with Crippen LogP contribution in [0.15, 0.2) is 60.9 Å². The summed E-state index contributed by atoms with van der Waals surface area (Å²) in [7, 11) is 1.35. The third kappa shape index (κ3) is 4.20. The van der Waals surface area contributed by atoms with Crippen molar-refractivity contribution in [2.75, 3.05) is 7.11 Å². The first-order valence-corrected chi connectivity index (χ1v) is 7.79. The van der Waals surface area contributed by atoms with Crippen molar-refractivity contribution in [1.29, 1.82) is 0 Å². The zero-order valence-corrected chi connectivity index (χ0v) is 13.7. The highest BCUT2D eigenvalue weighted by Gasteiger charge is 2.08. The van der Waals surface area contributed by atoms with Gasteiger partial charge >= 0.3 is 5.97 Å². The van der Waals surface area contributed by atoms with E-state index in [1.54, 1.807) is 36.7 Å². The van der Waals surface area contributed by atoms with Crippen molar-refractivity contribution in [3.05, 3.63) is 89.3 Å². The highest BCUT2D eigenvalue weighted by atomic mass is 19.1. The number of imidazole rings is 1. The molecule has 0 amide bonds. The number of nitrogens with zero attached hydrogens (tertiary/aromatic N) is 1. The zero-order valence-electron chi connectivity index (χ0n) is 13.7. The number of hydrogen-bond donors (Lipinski definition) is 1. The van der Waals surface area contributed by atoms with E-state index < -0.39 is 0 Å². The second kappa shape index (κ2) is 7.57. The number of benzene rings is 2. The molecule has 2 aromatic carbocycles. The third-order valence-electron chi connectivity index (χ3n) is 3.80. The molecule has 3 aromatic rings. The Bertz CT molecular complexity index is 867. The lowest BCUT2D eigenvalue weighted by Crippen LogP contribution is -2.00. The summed E-state index contributed by atoms with van der Waals surface area (Å²) in [6.45, 7) is 0. The second-order valence-corrected chi connectivity index (χ2v) is 5.50. The fourth-order valence-corrected chi connectivity index (χ4v) is 2.51. The first-order chi connectivity index (χ1) is 12.2. The molecule has 0 aliphatic rings. The number of carbonyl (C=O) groups excluding carboxylic acids is 1. The van der Waals surface area contributed by atoms with Crippen molar-refractivity contribution < 1.29 is 13.9 Å². The van der Waals surface area contributed by atoms with E-state index in [1.165, 1.54) is 19.2 Å². The number of nitrogens with one attached hydrogen (secondary N) is 1. The van der Waals surface area contributed by atoms with Crippen LogP contribution in [0.2, 0.25) is 0 Å². The lowest BCUT2D eigenvalue weighted by molar-refractivity contribution is 0.0600. The normalized spacial score (nSPS) is 11.4. The monoisotopic (exact) mass is 336 g/mol. The Labute approximate surface area is 145 Å². The molecule has 0 atom stereocenters. The molecule has 0 unspecified atom stereocenters. The van der Waals surface area contributed by atoms with Crippen LogP contribution in [-0.4, -0.2) is 23.0 Å². The van der Waals surface area contributed by atoms with Crippen LogP contribution >= 0.6 is 0 Å². The van der Waals surface area contributed by atoms with Gasteiger partial charge in [0.15, 0.2) is 0 Å². The summed E-state index contributed by atoms with van der Waals surface area (Å²) in [5.74, 6) is 0.176. The number of esters is 1. The van der Waals surface area contributed by atoms with Gasteiger partial charge in [-0.3, -0.25) is 0 Å². The number of ether oxygens (including phenoxy) is 1. The summed E-state index contributed by atoms with van der Waals surface area (Å²) in [5.41, 5.74) is 3.32. The first kappa shape index (κ1) is 16.6. The van der Waals surface area contributed by atoms with Gasteiger partial charge in [0.1, 0.15) is 11.6 Å². The molecule has 126 valence electrons.